The topological polar surface area (TPSA) is 21.3 Å². The van der Waals surface area contributed by atoms with Crippen LogP contribution in [0.3, 0.4) is 0 Å². The molecular weight excluding hydrogens is 222 g/mol. The molecule has 2 nitrogen and oxygen atoms in total. The first kappa shape index (κ1) is 13.1. The molecule has 18 heavy (non-hydrogen) atoms. The third-order valence-corrected chi connectivity index (χ3v) is 3.17. The van der Waals surface area contributed by atoms with Gasteiger partial charge in [0.05, 0.1) is 12.6 Å². The zero-order chi connectivity index (χ0) is 12.8. The molecule has 0 fully saturated rings. The Kier molecular flexibility index (Phi) is 4.73. The SMILES string of the molecule is CCCNC(COC)c1cccc2ccccc12. The van der Waals surface area contributed by atoms with Gasteiger partial charge in [-0.2, -0.15) is 0 Å². The van der Waals surface area contributed by atoms with E-state index in [4.69, 9.17) is 4.74 Å². The molecule has 96 valence electrons. The minimum absolute atomic E-state index is 0.265. The largest absolute Gasteiger partial charge is 0.383 e. The summed E-state index contributed by atoms with van der Waals surface area (Å²) in [6, 6.07) is 15.2. The van der Waals surface area contributed by atoms with Crippen molar-refractivity contribution in [1.82, 2.24) is 5.32 Å². The molecule has 2 heteroatoms. The predicted octanol–water partition coefficient (Wildman–Crippen LogP) is 3.53. The van der Waals surface area contributed by atoms with Crippen molar-refractivity contribution in [2.45, 2.75) is 19.4 Å². The summed E-state index contributed by atoms with van der Waals surface area (Å²) >= 11 is 0. The molecule has 0 bridgehead atoms. The van der Waals surface area contributed by atoms with Gasteiger partial charge in [0.2, 0.25) is 0 Å². The molecule has 0 heterocycles. The van der Waals surface area contributed by atoms with Crippen molar-refractivity contribution in [2.24, 2.45) is 0 Å². The van der Waals surface area contributed by atoms with Crippen LogP contribution in [0.5, 0.6) is 0 Å². The number of hydrogen-bond acceptors (Lipinski definition) is 2. The van der Waals surface area contributed by atoms with Crippen molar-refractivity contribution >= 4 is 10.8 Å². The number of rotatable bonds is 6. The monoisotopic (exact) mass is 243 g/mol. The summed E-state index contributed by atoms with van der Waals surface area (Å²) in [4.78, 5) is 0. The molecule has 2 aromatic rings. The molecular formula is C16H21NO. The third kappa shape index (κ3) is 2.89. The lowest BCUT2D eigenvalue weighted by molar-refractivity contribution is 0.167. The van der Waals surface area contributed by atoms with E-state index in [1.54, 1.807) is 7.11 Å². The average molecular weight is 243 g/mol. The Labute approximate surface area is 109 Å². The van der Waals surface area contributed by atoms with Crippen molar-refractivity contribution in [3.8, 4) is 0 Å². The van der Waals surface area contributed by atoms with Crippen LogP contribution < -0.4 is 5.32 Å². The van der Waals surface area contributed by atoms with Crippen LogP contribution in [0.25, 0.3) is 10.8 Å². The highest BCUT2D eigenvalue weighted by atomic mass is 16.5. The summed E-state index contributed by atoms with van der Waals surface area (Å²) in [6.45, 7) is 3.89. The highest BCUT2D eigenvalue weighted by Gasteiger charge is 2.12. The first-order valence-corrected chi connectivity index (χ1v) is 6.56. The molecule has 0 aliphatic rings. The lowest BCUT2D eigenvalue weighted by Gasteiger charge is -2.20. The summed E-state index contributed by atoms with van der Waals surface area (Å²) in [5.41, 5.74) is 1.32. The van der Waals surface area contributed by atoms with Gasteiger partial charge in [0.1, 0.15) is 0 Å². The van der Waals surface area contributed by atoms with E-state index in [0.29, 0.717) is 6.61 Å². The summed E-state index contributed by atoms with van der Waals surface area (Å²) < 4.78 is 5.34. The first-order chi connectivity index (χ1) is 8.86. The van der Waals surface area contributed by atoms with Crippen LogP contribution in [0, 0.1) is 0 Å². The summed E-state index contributed by atoms with van der Waals surface area (Å²) in [6.07, 6.45) is 1.13. The van der Waals surface area contributed by atoms with Crippen molar-refractivity contribution in [1.29, 1.82) is 0 Å². The van der Waals surface area contributed by atoms with Crippen LogP contribution in [0.15, 0.2) is 42.5 Å². The van der Waals surface area contributed by atoms with Crippen LogP contribution in [-0.4, -0.2) is 20.3 Å². The molecule has 1 N–H and O–H groups in total. The molecule has 1 unspecified atom stereocenters. The van der Waals surface area contributed by atoms with E-state index >= 15 is 0 Å². The van der Waals surface area contributed by atoms with Gasteiger partial charge in [-0.05, 0) is 29.3 Å². The predicted molar refractivity (Wildman–Crippen MR) is 76.9 cm³/mol. The average Bonchev–Trinajstić information content (AvgIpc) is 2.43. The molecule has 0 saturated carbocycles. The molecule has 2 rings (SSSR count). The van der Waals surface area contributed by atoms with Crippen molar-refractivity contribution in [3.05, 3.63) is 48.0 Å². The molecule has 2 aromatic carbocycles. The van der Waals surface area contributed by atoms with Crippen LogP contribution in [0.4, 0.5) is 0 Å². The van der Waals surface area contributed by atoms with Crippen molar-refractivity contribution < 1.29 is 4.74 Å². The lowest BCUT2D eigenvalue weighted by atomic mass is 9.99. The molecule has 0 saturated heterocycles. The Balaban J connectivity index is 2.36. The van der Waals surface area contributed by atoms with Gasteiger partial charge in [-0.3, -0.25) is 0 Å². The summed E-state index contributed by atoms with van der Waals surface area (Å²) in [5.74, 6) is 0. The van der Waals surface area contributed by atoms with E-state index in [-0.39, 0.29) is 6.04 Å². The van der Waals surface area contributed by atoms with Gasteiger partial charge < -0.3 is 10.1 Å². The Morgan fingerprint density at radius 1 is 1.11 bits per heavy atom. The number of nitrogens with one attached hydrogen (secondary N) is 1. The third-order valence-electron chi connectivity index (χ3n) is 3.17. The van der Waals surface area contributed by atoms with Gasteiger partial charge in [-0.1, -0.05) is 49.4 Å². The molecule has 0 spiro atoms. The smallest absolute Gasteiger partial charge is 0.0657 e. The molecule has 0 aromatic heterocycles. The van der Waals surface area contributed by atoms with E-state index in [1.807, 2.05) is 0 Å². The first-order valence-electron chi connectivity index (χ1n) is 6.56. The Hall–Kier alpha value is -1.38. The standard InChI is InChI=1S/C16H21NO/c1-3-11-17-16(12-18-2)15-10-6-8-13-7-4-5-9-14(13)15/h4-10,16-17H,3,11-12H2,1-2H3. The molecule has 0 radical (unpaired) electrons. The van der Waals surface area contributed by atoms with Crippen molar-refractivity contribution in [3.63, 3.8) is 0 Å². The minimum Gasteiger partial charge on any atom is -0.383 e. The summed E-state index contributed by atoms with van der Waals surface area (Å²) in [5, 5.41) is 6.15. The second-order valence-electron chi connectivity index (χ2n) is 4.53. The van der Waals surface area contributed by atoms with Crippen LogP contribution >= 0.6 is 0 Å². The van der Waals surface area contributed by atoms with Gasteiger partial charge in [-0.15, -0.1) is 0 Å². The number of benzene rings is 2. The molecule has 0 amide bonds. The fourth-order valence-corrected chi connectivity index (χ4v) is 2.30. The van der Waals surface area contributed by atoms with E-state index < -0.39 is 0 Å². The van der Waals surface area contributed by atoms with Gasteiger partial charge in [0.15, 0.2) is 0 Å². The Morgan fingerprint density at radius 3 is 2.67 bits per heavy atom. The number of ether oxygens (including phenoxy) is 1. The second kappa shape index (κ2) is 6.53. The maximum atomic E-state index is 5.34. The maximum Gasteiger partial charge on any atom is 0.0657 e. The second-order valence-corrected chi connectivity index (χ2v) is 4.53. The zero-order valence-electron chi connectivity index (χ0n) is 11.1. The van der Waals surface area contributed by atoms with Crippen LogP contribution in [-0.2, 0) is 4.74 Å². The lowest BCUT2D eigenvalue weighted by Crippen LogP contribution is -2.26. The van der Waals surface area contributed by atoms with E-state index in [0.717, 1.165) is 13.0 Å². The minimum atomic E-state index is 0.265. The number of methoxy groups -OCH3 is 1. The molecule has 0 aliphatic carbocycles. The highest BCUT2D eigenvalue weighted by Crippen LogP contribution is 2.24. The van der Waals surface area contributed by atoms with Gasteiger partial charge in [0.25, 0.3) is 0 Å². The van der Waals surface area contributed by atoms with E-state index in [9.17, 15) is 0 Å². The van der Waals surface area contributed by atoms with Crippen LogP contribution in [0.1, 0.15) is 24.9 Å². The molecule has 0 aliphatic heterocycles. The Morgan fingerprint density at radius 2 is 1.89 bits per heavy atom. The summed E-state index contributed by atoms with van der Waals surface area (Å²) in [7, 11) is 1.76. The highest BCUT2D eigenvalue weighted by molar-refractivity contribution is 5.86. The zero-order valence-corrected chi connectivity index (χ0v) is 11.1. The van der Waals surface area contributed by atoms with Gasteiger partial charge in [-0.25, -0.2) is 0 Å². The quantitative estimate of drug-likeness (QED) is 0.838. The normalized spacial score (nSPS) is 12.8. The van der Waals surface area contributed by atoms with Gasteiger partial charge >= 0.3 is 0 Å². The maximum absolute atomic E-state index is 5.34. The van der Waals surface area contributed by atoms with E-state index in [1.165, 1.54) is 16.3 Å². The fourth-order valence-electron chi connectivity index (χ4n) is 2.30. The number of fused-ring (bicyclic) bond motifs is 1. The number of hydrogen-bond donors (Lipinski definition) is 1. The van der Waals surface area contributed by atoms with Crippen molar-refractivity contribution in [2.75, 3.05) is 20.3 Å². The van der Waals surface area contributed by atoms with Gasteiger partial charge in [0, 0.05) is 7.11 Å². The van der Waals surface area contributed by atoms with Crippen LogP contribution in [0.2, 0.25) is 0 Å². The van der Waals surface area contributed by atoms with E-state index in [2.05, 4.69) is 54.7 Å². The molecule has 1 atom stereocenters. The fraction of sp³-hybridized carbons (Fsp3) is 0.375. The Bertz CT molecular complexity index is 490.